The van der Waals surface area contributed by atoms with Crippen molar-refractivity contribution in [1.29, 1.82) is 0 Å². The number of hydrogen-bond acceptors (Lipinski definition) is 4. The van der Waals surface area contributed by atoms with Crippen LogP contribution in [0.3, 0.4) is 0 Å². The van der Waals surface area contributed by atoms with E-state index in [2.05, 4.69) is 41.5 Å². The minimum absolute atomic E-state index is 0.433. The third-order valence-corrected chi connectivity index (χ3v) is 20.7. The molecule has 0 aromatic rings. The van der Waals surface area contributed by atoms with Crippen molar-refractivity contribution in [3.8, 4) is 0 Å². The Balaban J connectivity index is 4.46. The Labute approximate surface area is 264 Å². The van der Waals surface area contributed by atoms with Gasteiger partial charge in [0.05, 0.1) is 29.4 Å². The van der Waals surface area contributed by atoms with E-state index in [9.17, 15) is 9.59 Å². The SMILES string of the molecule is CCCC[Si](CCCC)(CCCC)CCCCOC(=O)/C=C\C(=O)OCCCC[Si](CCCC)(CCCC)CCCC. The first kappa shape index (κ1) is 41.1. The first-order valence-corrected chi connectivity index (χ1v) is 24.0. The molecule has 0 aromatic heterocycles. The van der Waals surface area contributed by atoms with Crippen molar-refractivity contribution in [2.75, 3.05) is 13.2 Å². The summed E-state index contributed by atoms with van der Waals surface area (Å²) in [5.41, 5.74) is 0. The van der Waals surface area contributed by atoms with Crippen LogP contribution < -0.4 is 0 Å². The van der Waals surface area contributed by atoms with Crippen molar-refractivity contribution in [2.24, 2.45) is 0 Å². The quantitative estimate of drug-likeness (QED) is 0.0345. The van der Waals surface area contributed by atoms with Gasteiger partial charge in [-0.2, -0.15) is 0 Å². The Morgan fingerprint density at radius 3 is 0.881 bits per heavy atom. The molecule has 0 unspecified atom stereocenters. The molecular weight excluding hydrogens is 553 g/mol. The van der Waals surface area contributed by atoms with Crippen molar-refractivity contribution in [1.82, 2.24) is 0 Å². The number of esters is 2. The molecule has 42 heavy (non-hydrogen) atoms. The zero-order valence-electron chi connectivity index (χ0n) is 29.2. The topological polar surface area (TPSA) is 52.6 Å². The molecule has 0 aliphatic heterocycles. The Morgan fingerprint density at radius 2 is 0.643 bits per heavy atom. The summed E-state index contributed by atoms with van der Waals surface area (Å²) in [6.45, 7) is 14.8. The average Bonchev–Trinajstić information content (AvgIpc) is 3.00. The molecule has 0 atom stereocenters. The smallest absolute Gasteiger partial charge is 0.331 e. The summed E-state index contributed by atoms with van der Waals surface area (Å²) in [5, 5.41) is 0. The largest absolute Gasteiger partial charge is 0.463 e. The summed E-state index contributed by atoms with van der Waals surface area (Å²) < 4.78 is 10.8. The maximum Gasteiger partial charge on any atom is 0.331 e. The van der Waals surface area contributed by atoms with Gasteiger partial charge in [-0.15, -0.1) is 0 Å². The molecule has 0 rings (SSSR count). The third kappa shape index (κ3) is 20.9. The van der Waals surface area contributed by atoms with Crippen molar-refractivity contribution in [3.63, 3.8) is 0 Å². The fourth-order valence-corrected chi connectivity index (χ4v) is 18.2. The van der Waals surface area contributed by atoms with E-state index in [0.29, 0.717) is 13.2 Å². The van der Waals surface area contributed by atoms with Crippen LogP contribution in [-0.2, 0) is 19.1 Å². The van der Waals surface area contributed by atoms with Gasteiger partial charge in [0.15, 0.2) is 0 Å². The minimum Gasteiger partial charge on any atom is -0.463 e. The van der Waals surface area contributed by atoms with Crippen LogP contribution in [0.25, 0.3) is 0 Å². The second-order valence-electron chi connectivity index (χ2n) is 13.2. The van der Waals surface area contributed by atoms with Gasteiger partial charge in [0, 0.05) is 12.2 Å². The van der Waals surface area contributed by atoms with Gasteiger partial charge in [-0.3, -0.25) is 0 Å². The molecule has 0 saturated heterocycles. The van der Waals surface area contributed by atoms with Crippen LogP contribution in [0.1, 0.15) is 144 Å². The zero-order valence-corrected chi connectivity index (χ0v) is 31.2. The Kier molecular flexibility index (Phi) is 27.1. The summed E-state index contributed by atoms with van der Waals surface area (Å²) in [5.74, 6) is -0.867. The number of rotatable bonds is 30. The molecule has 0 bridgehead atoms. The van der Waals surface area contributed by atoms with E-state index in [4.69, 9.17) is 9.47 Å². The van der Waals surface area contributed by atoms with Crippen molar-refractivity contribution < 1.29 is 19.1 Å². The van der Waals surface area contributed by atoms with Crippen LogP contribution in [0.5, 0.6) is 0 Å². The van der Waals surface area contributed by atoms with Crippen LogP contribution in [-0.4, -0.2) is 41.3 Å². The van der Waals surface area contributed by atoms with E-state index in [1.54, 1.807) is 0 Å². The molecule has 0 heterocycles. The number of ether oxygens (including phenoxy) is 2. The molecule has 0 fully saturated rings. The van der Waals surface area contributed by atoms with E-state index >= 15 is 0 Å². The van der Waals surface area contributed by atoms with E-state index in [1.165, 1.54) is 138 Å². The summed E-state index contributed by atoms with van der Waals surface area (Å²) in [6, 6.07) is 11.5. The molecule has 248 valence electrons. The second kappa shape index (κ2) is 27.6. The highest BCUT2D eigenvalue weighted by Crippen LogP contribution is 2.35. The molecule has 6 heteroatoms. The predicted octanol–water partition coefficient (Wildman–Crippen LogP) is 11.9. The molecular formula is C36H72O4Si2. The van der Waals surface area contributed by atoms with Crippen LogP contribution in [0.15, 0.2) is 12.2 Å². The van der Waals surface area contributed by atoms with E-state index in [-0.39, 0.29) is 0 Å². The number of carbonyl (C=O) groups is 2. The van der Waals surface area contributed by atoms with Crippen molar-refractivity contribution >= 4 is 28.1 Å². The van der Waals surface area contributed by atoms with Gasteiger partial charge in [0.25, 0.3) is 0 Å². The first-order valence-electron chi connectivity index (χ1n) is 18.4. The molecule has 0 spiro atoms. The number of carbonyl (C=O) groups excluding carboxylic acids is 2. The highest BCUT2D eigenvalue weighted by Gasteiger charge is 2.31. The van der Waals surface area contributed by atoms with Gasteiger partial charge in [0.2, 0.25) is 0 Å². The third-order valence-electron chi connectivity index (χ3n) is 9.41. The molecule has 0 N–H and O–H groups in total. The van der Waals surface area contributed by atoms with Gasteiger partial charge >= 0.3 is 11.9 Å². The van der Waals surface area contributed by atoms with E-state index in [0.717, 1.165) is 25.7 Å². The Morgan fingerprint density at radius 1 is 0.405 bits per heavy atom. The standard InChI is InChI=1S/C36H72O4Si2/c1-7-13-27-41(28-14-8-2,29-15-9-3)33-21-19-25-39-35(37)23-24-36(38)40-26-20-22-34-42(30-16-10-4,31-17-11-5)32-18-12-6/h23-24H,7-22,25-34H2,1-6H3/b24-23-. The lowest BCUT2D eigenvalue weighted by molar-refractivity contribution is -0.140. The summed E-state index contributed by atoms with van der Waals surface area (Å²) in [6.07, 6.45) is 22.6. The zero-order chi connectivity index (χ0) is 31.4. The van der Waals surface area contributed by atoms with Gasteiger partial charge < -0.3 is 9.47 Å². The molecule has 0 amide bonds. The number of hydrogen-bond donors (Lipinski definition) is 0. The summed E-state index contributed by atoms with van der Waals surface area (Å²) in [7, 11) is -2.46. The predicted molar refractivity (Wildman–Crippen MR) is 189 cm³/mol. The highest BCUT2D eigenvalue weighted by molar-refractivity contribution is 6.80. The highest BCUT2D eigenvalue weighted by atomic mass is 28.3. The van der Waals surface area contributed by atoms with Crippen LogP contribution in [0.4, 0.5) is 0 Å². The maximum atomic E-state index is 12.2. The maximum absolute atomic E-state index is 12.2. The molecule has 0 saturated carbocycles. The van der Waals surface area contributed by atoms with Crippen molar-refractivity contribution in [2.45, 2.75) is 193 Å². The summed E-state index contributed by atoms with van der Waals surface area (Å²) >= 11 is 0. The van der Waals surface area contributed by atoms with Crippen LogP contribution in [0.2, 0.25) is 48.4 Å². The van der Waals surface area contributed by atoms with Gasteiger partial charge in [-0.1, -0.05) is 180 Å². The molecule has 0 aliphatic carbocycles. The van der Waals surface area contributed by atoms with Crippen LogP contribution in [0, 0.1) is 0 Å². The lowest BCUT2D eigenvalue weighted by atomic mass is 10.3. The van der Waals surface area contributed by atoms with Crippen molar-refractivity contribution in [3.05, 3.63) is 12.2 Å². The minimum atomic E-state index is -1.23. The normalized spacial score (nSPS) is 12.2. The van der Waals surface area contributed by atoms with E-state index in [1.807, 2.05) is 0 Å². The monoisotopic (exact) mass is 624 g/mol. The second-order valence-corrected chi connectivity index (χ2v) is 23.2. The Bertz CT molecular complexity index is 580. The Hall–Kier alpha value is -0.886. The van der Waals surface area contributed by atoms with Crippen LogP contribution >= 0.6 is 0 Å². The molecule has 4 nitrogen and oxygen atoms in total. The lowest BCUT2D eigenvalue weighted by Gasteiger charge is -2.32. The van der Waals surface area contributed by atoms with Gasteiger partial charge in [0.1, 0.15) is 0 Å². The average molecular weight is 625 g/mol. The lowest BCUT2D eigenvalue weighted by Crippen LogP contribution is -2.33. The molecule has 0 radical (unpaired) electrons. The molecule has 0 aromatic carbocycles. The first-order chi connectivity index (χ1) is 20.4. The van der Waals surface area contributed by atoms with Gasteiger partial charge in [-0.25, -0.2) is 9.59 Å². The molecule has 0 aliphatic rings. The van der Waals surface area contributed by atoms with E-state index < -0.39 is 28.1 Å². The fraction of sp³-hybridized carbons (Fsp3) is 0.889. The van der Waals surface area contributed by atoms with Gasteiger partial charge in [-0.05, 0) is 12.8 Å². The number of unbranched alkanes of at least 4 members (excludes halogenated alkanes) is 8. The fourth-order valence-electron chi connectivity index (χ4n) is 6.59. The summed E-state index contributed by atoms with van der Waals surface area (Å²) in [4.78, 5) is 24.3.